The largest absolute Gasteiger partial charge is 0.388 e. The highest BCUT2D eigenvalue weighted by Crippen LogP contribution is 2.40. The molecular formula is C24H27N7O2. The molecule has 0 bridgehead atoms. The molecule has 0 saturated heterocycles. The van der Waals surface area contributed by atoms with Gasteiger partial charge >= 0.3 is 0 Å². The van der Waals surface area contributed by atoms with Crippen LogP contribution in [0.1, 0.15) is 55.4 Å². The number of anilines is 1. The third-order valence-electron chi connectivity index (χ3n) is 7.01. The molecule has 1 amide bonds. The highest BCUT2D eigenvalue weighted by molar-refractivity contribution is 6.01. The Bertz CT molecular complexity index is 1380. The van der Waals surface area contributed by atoms with Crippen LogP contribution in [-0.4, -0.2) is 53.9 Å². The summed E-state index contributed by atoms with van der Waals surface area (Å²) in [5.41, 5.74) is 2.66. The van der Waals surface area contributed by atoms with E-state index in [0.29, 0.717) is 23.7 Å². The summed E-state index contributed by atoms with van der Waals surface area (Å²) >= 11 is 0. The molecule has 0 aliphatic heterocycles. The molecule has 4 aromatic heterocycles. The van der Waals surface area contributed by atoms with Crippen LogP contribution in [-0.2, 0) is 0 Å². The molecule has 2 aliphatic carbocycles. The van der Waals surface area contributed by atoms with Crippen LogP contribution in [0.15, 0.2) is 36.8 Å². The number of carbonyl (C=O) groups excluding carboxylic acids is 1. The van der Waals surface area contributed by atoms with Crippen LogP contribution in [0.3, 0.4) is 0 Å². The fourth-order valence-electron chi connectivity index (χ4n) is 4.97. The molecule has 33 heavy (non-hydrogen) atoms. The van der Waals surface area contributed by atoms with Crippen LogP contribution in [0.2, 0.25) is 0 Å². The summed E-state index contributed by atoms with van der Waals surface area (Å²) in [5, 5.41) is 22.2. The molecule has 2 atom stereocenters. The van der Waals surface area contributed by atoms with Gasteiger partial charge in [-0.2, -0.15) is 9.61 Å². The van der Waals surface area contributed by atoms with Gasteiger partial charge in [0.05, 0.1) is 23.5 Å². The number of nitrogens with one attached hydrogen (secondary N) is 2. The molecule has 4 heterocycles. The van der Waals surface area contributed by atoms with Gasteiger partial charge in [0.15, 0.2) is 5.65 Å². The summed E-state index contributed by atoms with van der Waals surface area (Å²) in [6.45, 7) is 1.78. The highest BCUT2D eigenvalue weighted by atomic mass is 16.3. The topological polar surface area (TPSA) is 109 Å². The van der Waals surface area contributed by atoms with Gasteiger partial charge in [-0.3, -0.25) is 4.79 Å². The smallest absolute Gasteiger partial charge is 0.257 e. The standard InChI is InChI=1S/C24H27N7O2/c1-24(33)9-3-6-19(24)29-23(32)16-12-27-31-20(25-2)11-18(28-22(16)31)17-13-30(14-7-8-14)21-15(17)5-4-10-26-21/h4-5,10-14,19,25,33H,3,6-9H2,1-2H3,(H,29,32)/t19-,24-/m0/s1. The maximum absolute atomic E-state index is 13.2. The van der Waals surface area contributed by atoms with Crippen LogP contribution in [0.5, 0.6) is 0 Å². The Balaban J connectivity index is 1.46. The van der Waals surface area contributed by atoms with Crippen LogP contribution in [0.25, 0.3) is 27.9 Å². The van der Waals surface area contributed by atoms with Crippen LogP contribution in [0.4, 0.5) is 5.82 Å². The van der Waals surface area contributed by atoms with Crippen molar-refractivity contribution in [2.75, 3.05) is 12.4 Å². The minimum absolute atomic E-state index is 0.272. The number of hydrogen-bond donors (Lipinski definition) is 3. The average molecular weight is 446 g/mol. The first-order valence-electron chi connectivity index (χ1n) is 11.5. The highest BCUT2D eigenvalue weighted by Gasteiger charge is 2.38. The Morgan fingerprint density at radius 2 is 2.12 bits per heavy atom. The molecule has 6 rings (SSSR count). The van der Waals surface area contributed by atoms with Crippen molar-refractivity contribution in [3.05, 3.63) is 42.4 Å². The lowest BCUT2D eigenvalue weighted by Gasteiger charge is -2.26. The molecular weight excluding hydrogens is 418 g/mol. The van der Waals surface area contributed by atoms with E-state index >= 15 is 0 Å². The zero-order valence-electron chi connectivity index (χ0n) is 18.7. The van der Waals surface area contributed by atoms with Crippen molar-refractivity contribution in [2.45, 2.75) is 56.7 Å². The molecule has 170 valence electrons. The molecule has 9 heteroatoms. The Morgan fingerprint density at radius 3 is 2.85 bits per heavy atom. The molecule has 2 aliphatic rings. The Morgan fingerprint density at radius 1 is 1.27 bits per heavy atom. The van der Waals surface area contributed by atoms with E-state index in [1.165, 1.54) is 0 Å². The van der Waals surface area contributed by atoms with Crippen molar-refractivity contribution in [3.8, 4) is 11.3 Å². The van der Waals surface area contributed by atoms with E-state index < -0.39 is 5.60 Å². The van der Waals surface area contributed by atoms with Crippen LogP contribution in [0, 0.1) is 0 Å². The van der Waals surface area contributed by atoms with Gasteiger partial charge in [-0.05, 0) is 51.2 Å². The third-order valence-corrected chi connectivity index (χ3v) is 7.01. The average Bonchev–Trinajstić information content (AvgIpc) is 3.30. The zero-order chi connectivity index (χ0) is 22.7. The van der Waals surface area contributed by atoms with Crippen LogP contribution < -0.4 is 10.6 Å². The van der Waals surface area contributed by atoms with Gasteiger partial charge in [0.25, 0.3) is 5.91 Å². The number of hydrogen-bond acceptors (Lipinski definition) is 6. The second-order valence-electron chi connectivity index (χ2n) is 9.40. The quantitative estimate of drug-likeness (QED) is 0.435. The molecule has 2 saturated carbocycles. The fourth-order valence-corrected chi connectivity index (χ4v) is 4.97. The zero-order valence-corrected chi connectivity index (χ0v) is 18.7. The first-order chi connectivity index (χ1) is 16.0. The molecule has 0 aromatic carbocycles. The molecule has 2 fully saturated rings. The monoisotopic (exact) mass is 445 g/mol. The maximum atomic E-state index is 13.2. The van der Waals surface area contributed by atoms with Crippen molar-refractivity contribution >= 4 is 28.4 Å². The van der Waals surface area contributed by atoms with Gasteiger partial charge in [-0.1, -0.05) is 0 Å². The first-order valence-corrected chi connectivity index (χ1v) is 11.5. The van der Waals surface area contributed by atoms with E-state index in [2.05, 4.69) is 37.5 Å². The molecule has 0 radical (unpaired) electrons. The number of nitrogens with zero attached hydrogens (tertiary/aromatic N) is 5. The van der Waals surface area contributed by atoms with Gasteiger partial charge in [0.2, 0.25) is 0 Å². The predicted molar refractivity (Wildman–Crippen MR) is 125 cm³/mol. The van der Waals surface area contributed by atoms with Gasteiger partial charge in [0.1, 0.15) is 17.0 Å². The van der Waals surface area contributed by atoms with Crippen LogP contribution >= 0.6 is 0 Å². The normalized spacial score (nSPS) is 22.8. The number of amides is 1. The lowest BCUT2D eigenvalue weighted by atomic mass is 10.0. The molecule has 3 N–H and O–H groups in total. The number of rotatable bonds is 5. The van der Waals surface area contributed by atoms with E-state index in [0.717, 1.165) is 53.8 Å². The van der Waals surface area contributed by atoms with E-state index in [9.17, 15) is 9.90 Å². The first kappa shape index (κ1) is 20.2. The lowest BCUT2D eigenvalue weighted by Crippen LogP contribution is -2.47. The minimum atomic E-state index is -0.898. The van der Waals surface area contributed by atoms with E-state index in [4.69, 9.17) is 4.98 Å². The van der Waals surface area contributed by atoms with Gasteiger partial charge < -0.3 is 20.3 Å². The number of aliphatic hydroxyl groups is 1. The second-order valence-corrected chi connectivity index (χ2v) is 9.40. The molecule has 0 unspecified atom stereocenters. The third kappa shape index (κ3) is 3.26. The Labute approximate surface area is 190 Å². The van der Waals surface area contributed by atoms with Gasteiger partial charge in [0, 0.05) is 42.5 Å². The fraction of sp³-hybridized carbons (Fsp3) is 0.417. The molecule has 0 spiro atoms. The number of pyridine rings is 1. The number of fused-ring (bicyclic) bond motifs is 2. The Hall–Kier alpha value is -3.46. The van der Waals surface area contributed by atoms with Crippen molar-refractivity contribution in [1.29, 1.82) is 0 Å². The lowest BCUT2D eigenvalue weighted by molar-refractivity contribution is 0.0368. The number of carbonyl (C=O) groups is 1. The van der Waals surface area contributed by atoms with E-state index in [1.807, 2.05) is 25.4 Å². The molecule has 4 aromatic rings. The second kappa shape index (κ2) is 7.28. The summed E-state index contributed by atoms with van der Waals surface area (Å²) in [4.78, 5) is 22.7. The van der Waals surface area contributed by atoms with Gasteiger partial charge in [-0.15, -0.1) is 0 Å². The van der Waals surface area contributed by atoms with Gasteiger partial charge in [-0.25, -0.2) is 9.97 Å². The van der Waals surface area contributed by atoms with Crippen molar-refractivity contribution in [3.63, 3.8) is 0 Å². The van der Waals surface area contributed by atoms with Crippen molar-refractivity contribution < 1.29 is 9.90 Å². The summed E-state index contributed by atoms with van der Waals surface area (Å²) in [6, 6.07) is 6.15. The van der Waals surface area contributed by atoms with E-state index in [-0.39, 0.29) is 11.9 Å². The summed E-state index contributed by atoms with van der Waals surface area (Å²) in [6.07, 6.45) is 10.1. The minimum Gasteiger partial charge on any atom is -0.388 e. The molecule has 9 nitrogen and oxygen atoms in total. The Kier molecular flexibility index (Phi) is 4.45. The van der Waals surface area contributed by atoms with Crippen molar-refractivity contribution in [1.82, 2.24) is 29.5 Å². The summed E-state index contributed by atoms with van der Waals surface area (Å²) < 4.78 is 3.88. The van der Waals surface area contributed by atoms with E-state index in [1.54, 1.807) is 17.6 Å². The number of aromatic nitrogens is 5. The predicted octanol–water partition coefficient (Wildman–Crippen LogP) is 3.16. The summed E-state index contributed by atoms with van der Waals surface area (Å²) in [5.74, 6) is 0.462. The summed E-state index contributed by atoms with van der Waals surface area (Å²) in [7, 11) is 1.82. The SMILES string of the molecule is CNc1cc(-c2cn(C3CC3)c3ncccc23)nc2c(C(=O)N[C@H]3CCC[C@]3(C)O)cnn12. The van der Waals surface area contributed by atoms with Crippen molar-refractivity contribution in [2.24, 2.45) is 0 Å². The maximum Gasteiger partial charge on any atom is 0.257 e.